The molecule has 5 heteroatoms. The molecule has 1 aliphatic rings. The molecule has 0 aromatic rings. The molecule has 0 spiro atoms. The lowest BCUT2D eigenvalue weighted by atomic mass is 9.91. The number of carbonyl (C=O) groups excluding carboxylic acids is 1. The van der Waals surface area contributed by atoms with Crippen LogP contribution in [0.3, 0.4) is 0 Å². The Bertz CT molecular complexity index is 255. The molecular weight excluding hydrogens is 230 g/mol. The summed E-state index contributed by atoms with van der Waals surface area (Å²) in [6.45, 7) is 7.72. The van der Waals surface area contributed by atoms with Gasteiger partial charge in [0.2, 0.25) is 5.91 Å². The van der Waals surface area contributed by atoms with E-state index in [-0.39, 0.29) is 11.5 Å². The molecule has 18 heavy (non-hydrogen) atoms. The molecule has 0 saturated carbocycles. The van der Waals surface area contributed by atoms with Crippen LogP contribution in [0.1, 0.15) is 26.7 Å². The highest BCUT2D eigenvalue weighted by Crippen LogP contribution is 2.24. The highest BCUT2D eigenvalue weighted by Gasteiger charge is 2.33. The topological polar surface area (TPSA) is 67.6 Å². The monoisotopic (exact) mass is 257 g/mol. The number of hydrogen-bond donors (Lipinski definition) is 2. The molecule has 0 atom stereocenters. The van der Waals surface area contributed by atoms with Crippen molar-refractivity contribution in [2.75, 3.05) is 39.8 Å². The third kappa shape index (κ3) is 4.55. The number of nitrogens with one attached hydrogen (secondary N) is 1. The summed E-state index contributed by atoms with van der Waals surface area (Å²) in [7, 11) is 1.72. The van der Waals surface area contributed by atoms with Gasteiger partial charge >= 0.3 is 0 Å². The summed E-state index contributed by atoms with van der Waals surface area (Å²) in [6.07, 6.45) is 1.80. The molecule has 0 radical (unpaired) electrons. The second kappa shape index (κ2) is 7.07. The van der Waals surface area contributed by atoms with Gasteiger partial charge in [-0.05, 0) is 18.8 Å². The zero-order valence-electron chi connectivity index (χ0n) is 11.9. The average Bonchev–Trinajstić information content (AvgIpc) is 2.38. The van der Waals surface area contributed by atoms with Gasteiger partial charge in [-0.1, -0.05) is 13.8 Å². The van der Waals surface area contributed by atoms with Crippen molar-refractivity contribution in [3.63, 3.8) is 0 Å². The van der Waals surface area contributed by atoms with E-state index in [0.717, 1.165) is 32.5 Å². The molecule has 0 unspecified atom stereocenters. The highest BCUT2D eigenvalue weighted by atomic mass is 16.5. The van der Waals surface area contributed by atoms with Crippen LogP contribution in [0.5, 0.6) is 0 Å². The molecule has 5 nitrogen and oxygen atoms in total. The largest absolute Gasteiger partial charge is 0.377 e. The third-order valence-electron chi connectivity index (χ3n) is 3.65. The third-order valence-corrected chi connectivity index (χ3v) is 3.65. The van der Waals surface area contributed by atoms with E-state index in [1.54, 1.807) is 7.11 Å². The van der Waals surface area contributed by atoms with Crippen molar-refractivity contribution in [2.45, 2.75) is 32.3 Å². The van der Waals surface area contributed by atoms with Crippen molar-refractivity contribution in [3.8, 4) is 0 Å². The minimum Gasteiger partial charge on any atom is -0.377 e. The van der Waals surface area contributed by atoms with Gasteiger partial charge in [-0.3, -0.25) is 9.69 Å². The van der Waals surface area contributed by atoms with Crippen LogP contribution in [0.15, 0.2) is 0 Å². The van der Waals surface area contributed by atoms with Crippen LogP contribution in [0, 0.1) is 5.92 Å². The van der Waals surface area contributed by atoms with Crippen LogP contribution in [-0.2, 0) is 9.53 Å². The van der Waals surface area contributed by atoms with Crippen LogP contribution >= 0.6 is 0 Å². The maximum Gasteiger partial charge on any atom is 0.234 e. The van der Waals surface area contributed by atoms with E-state index in [1.807, 2.05) is 0 Å². The van der Waals surface area contributed by atoms with Crippen molar-refractivity contribution >= 4 is 5.91 Å². The molecule has 0 aromatic carbocycles. The van der Waals surface area contributed by atoms with E-state index < -0.39 is 0 Å². The summed E-state index contributed by atoms with van der Waals surface area (Å²) in [5.41, 5.74) is 5.58. The van der Waals surface area contributed by atoms with Gasteiger partial charge in [-0.15, -0.1) is 0 Å². The first-order valence-corrected chi connectivity index (χ1v) is 6.75. The normalized spacial score (nSPS) is 20.1. The fraction of sp³-hybridized carbons (Fsp3) is 0.923. The fourth-order valence-electron chi connectivity index (χ4n) is 2.19. The molecule has 0 aromatic heterocycles. The number of ether oxygens (including phenoxy) is 1. The number of nitrogens with two attached hydrogens (primary N) is 1. The van der Waals surface area contributed by atoms with Gasteiger partial charge < -0.3 is 15.8 Å². The maximum absolute atomic E-state index is 11.7. The van der Waals surface area contributed by atoms with Crippen LogP contribution < -0.4 is 11.1 Å². The number of piperidine rings is 1. The first-order valence-electron chi connectivity index (χ1n) is 6.75. The maximum atomic E-state index is 11.7. The molecule has 106 valence electrons. The Morgan fingerprint density at radius 2 is 2.06 bits per heavy atom. The fourth-order valence-corrected chi connectivity index (χ4v) is 2.19. The second-order valence-electron chi connectivity index (χ2n) is 5.57. The Kier molecular flexibility index (Phi) is 6.05. The summed E-state index contributed by atoms with van der Waals surface area (Å²) < 4.78 is 5.51. The molecule has 1 heterocycles. The summed E-state index contributed by atoms with van der Waals surface area (Å²) in [5, 5.41) is 2.94. The molecular formula is C13H27N3O2. The Morgan fingerprint density at radius 1 is 1.44 bits per heavy atom. The first-order chi connectivity index (χ1) is 8.51. The van der Waals surface area contributed by atoms with E-state index in [0.29, 0.717) is 19.0 Å². The van der Waals surface area contributed by atoms with Crippen molar-refractivity contribution in [1.29, 1.82) is 0 Å². The van der Waals surface area contributed by atoms with Crippen LogP contribution in [0.25, 0.3) is 0 Å². The predicted molar refractivity (Wildman–Crippen MR) is 72.3 cm³/mol. The summed E-state index contributed by atoms with van der Waals surface area (Å²) in [4.78, 5) is 13.9. The van der Waals surface area contributed by atoms with Crippen LogP contribution in [0.2, 0.25) is 0 Å². The number of hydrogen-bond acceptors (Lipinski definition) is 4. The standard InChI is InChI=1S/C13H27N3O2/c1-11(2)8-15-12(17)9-16-6-4-13(10-14,18-3)5-7-16/h11H,4-10,14H2,1-3H3,(H,15,17). The zero-order chi connectivity index (χ0) is 13.6. The molecule has 3 N–H and O–H groups in total. The lowest BCUT2D eigenvalue weighted by Gasteiger charge is -2.39. The Balaban J connectivity index is 2.29. The van der Waals surface area contributed by atoms with Gasteiger partial charge in [0.25, 0.3) is 0 Å². The van der Waals surface area contributed by atoms with Crippen molar-refractivity contribution in [3.05, 3.63) is 0 Å². The lowest BCUT2D eigenvalue weighted by molar-refractivity contribution is -0.124. The molecule has 1 fully saturated rings. The summed E-state index contributed by atoms with van der Waals surface area (Å²) in [5.74, 6) is 0.607. The van der Waals surface area contributed by atoms with E-state index in [1.165, 1.54) is 0 Å². The van der Waals surface area contributed by atoms with Crippen molar-refractivity contribution in [2.24, 2.45) is 11.7 Å². The van der Waals surface area contributed by atoms with Gasteiger partial charge in [0, 0.05) is 33.3 Å². The highest BCUT2D eigenvalue weighted by molar-refractivity contribution is 5.78. The Labute approximate surface area is 110 Å². The number of carbonyl (C=O) groups is 1. The minimum absolute atomic E-state index is 0.112. The predicted octanol–water partition coefficient (Wildman–Crippen LogP) is 0.198. The van der Waals surface area contributed by atoms with Crippen LogP contribution in [0.4, 0.5) is 0 Å². The minimum atomic E-state index is -0.176. The molecule has 1 amide bonds. The lowest BCUT2D eigenvalue weighted by Crippen LogP contribution is -2.51. The van der Waals surface area contributed by atoms with E-state index in [9.17, 15) is 4.79 Å². The van der Waals surface area contributed by atoms with Crippen LogP contribution in [-0.4, -0.2) is 56.2 Å². The quantitative estimate of drug-likeness (QED) is 0.713. The number of rotatable bonds is 6. The summed E-state index contributed by atoms with van der Waals surface area (Å²) >= 11 is 0. The summed E-state index contributed by atoms with van der Waals surface area (Å²) in [6, 6.07) is 0. The van der Waals surface area contributed by atoms with E-state index in [2.05, 4.69) is 24.1 Å². The molecule has 1 saturated heterocycles. The smallest absolute Gasteiger partial charge is 0.234 e. The Hall–Kier alpha value is -0.650. The SMILES string of the molecule is COC1(CN)CCN(CC(=O)NCC(C)C)CC1. The van der Waals surface area contributed by atoms with Crippen molar-refractivity contribution in [1.82, 2.24) is 10.2 Å². The molecule has 0 aliphatic carbocycles. The second-order valence-corrected chi connectivity index (χ2v) is 5.57. The van der Waals surface area contributed by atoms with Gasteiger partial charge in [0.1, 0.15) is 0 Å². The average molecular weight is 257 g/mol. The van der Waals surface area contributed by atoms with Gasteiger partial charge in [0.15, 0.2) is 0 Å². The molecule has 1 rings (SSSR count). The molecule has 1 aliphatic heterocycles. The van der Waals surface area contributed by atoms with Gasteiger partial charge in [-0.25, -0.2) is 0 Å². The Morgan fingerprint density at radius 3 is 2.50 bits per heavy atom. The number of amides is 1. The first kappa shape index (κ1) is 15.4. The van der Waals surface area contributed by atoms with E-state index in [4.69, 9.17) is 10.5 Å². The molecule has 0 bridgehead atoms. The van der Waals surface area contributed by atoms with Gasteiger partial charge in [-0.2, -0.15) is 0 Å². The number of methoxy groups -OCH3 is 1. The van der Waals surface area contributed by atoms with Gasteiger partial charge in [0.05, 0.1) is 12.1 Å². The van der Waals surface area contributed by atoms with E-state index >= 15 is 0 Å². The zero-order valence-corrected chi connectivity index (χ0v) is 11.9. The number of likely N-dealkylation sites (tertiary alicyclic amines) is 1. The number of nitrogens with zero attached hydrogens (tertiary/aromatic N) is 1. The van der Waals surface area contributed by atoms with Crippen molar-refractivity contribution < 1.29 is 9.53 Å².